The number of carbonyl (C=O) groups excluding carboxylic acids is 2. The van der Waals surface area contributed by atoms with Gasteiger partial charge >= 0.3 is 0 Å². The van der Waals surface area contributed by atoms with Gasteiger partial charge in [0.15, 0.2) is 0 Å². The van der Waals surface area contributed by atoms with Crippen LogP contribution in [0.1, 0.15) is 23.8 Å². The van der Waals surface area contributed by atoms with E-state index in [1.54, 1.807) is 12.1 Å². The molecule has 1 fully saturated rings. The summed E-state index contributed by atoms with van der Waals surface area (Å²) in [6, 6.07) is 7.26. The topological polar surface area (TPSA) is 91.0 Å². The highest BCUT2D eigenvalue weighted by atomic mass is 19.1. The number of hydrogen-bond donors (Lipinski definition) is 2. The van der Waals surface area contributed by atoms with E-state index in [1.165, 1.54) is 23.3 Å². The number of aliphatic hydroxyl groups is 2. The van der Waals surface area contributed by atoms with Crippen LogP contribution in [-0.4, -0.2) is 40.0 Å². The fourth-order valence-electron chi connectivity index (χ4n) is 2.86. The first-order valence-corrected chi connectivity index (χ1v) is 7.73. The van der Waals surface area contributed by atoms with E-state index in [1.807, 2.05) is 0 Å². The van der Waals surface area contributed by atoms with Gasteiger partial charge in [0.25, 0.3) is 11.7 Å². The van der Waals surface area contributed by atoms with Crippen LogP contribution in [0.5, 0.6) is 0 Å². The molecule has 0 spiro atoms. The van der Waals surface area contributed by atoms with Crippen LogP contribution in [0.3, 0.4) is 0 Å². The molecule has 25 heavy (non-hydrogen) atoms. The molecule has 130 valence electrons. The van der Waals surface area contributed by atoms with Gasteiger partial charge in [-0.1, -0.05) is 0 Å². The predicted molar refractivity (Wildman–Crippen MR) is 85.8 cm³/mol. The number of amides is 1. The van der Waals surface area contributed by atoms with Gasteiger partial charge < -0.3 is 19.5 Å². The number of halogens is 1. The lowest BCUT2D eigenvalue weighted by molar-refractivity contribution is -0.140. The molecule has 0 radical (unpaired) electrons. The molecule has 0 unspecified atom stereocenters. The van der Waals surface area contributed by atoms with Crippen molar-refractivity contribution in [3.8, 4) is 0 Å². The van der Waals surface area contributed by atoms with Crippen molar-refractivity contribution >= 4 is 17.4 Å². The second kappa shape index (κ2) is 6.90. The average Bonchev–Trinajstić information content (AvgIpc) is 3.21. The van der Waals surface area contributed by atoms with E-state index in [-0.39, 0.29) is 30.7 Å². The lowest BCUT2D eigenvalue weighted by atomic mass is 9.99. The van der Waals surface area contributed by atoms with Crippen LogP contribution in [0.2, 0.25) is 0 Å². The molecule has 1 saturated heterocycles. The lowest BCUT2D eigenvalue weighted by Gasteiger charge is -2.22. The zero-order chi connectivity index (χ0) is 18.0. The van der Waals surface area contributed by atoms with Crippen LogP contribution in [0.4, 0.5) is 4.39 Å². The first kappa shape index (κ1) is 16.9. The summed E-state index contributed by atoms with van der Waals surface area (Å²) in [6.45, 7) is -0.0154. The maximum Gasteiger partial charge on any atom is 0.295 e. The zero-order valence-corrected chi connectivity index (χ0v) is 13.2. The molecule has 0 bridgehead atoms. The third-order valence-corrected chi connectivity index (χ3v) is 4.03. The molecular weight excluding hydrogens is 329 g/mol. The van der Waals surface area contributed by atoms with Crippen molar-refractivity contribution in [2.45, 2.75) is 12.5 Å². The quantitative estimate of drug-likeness (QED) is 0.493. The number of furan rings is 1. The molecular formula is C18H16FNO5. The third kappa shape index (κ3) is 3.06. The second-order valence-electron chi connectivity index (χ2n) is 5.59. The number of aliphatic hydroxyl groups excluding tert-OH is 2. The SMILES string of the molecule is O=C1C(=O)N(CCCO)[C@@H](c2ccco2)C1=C(O)c1ccc(F)cc1. The van der Waals surface area contributed by atoms with Gasteiger partial charge in [0.1, 0.15) is 23.4 Å². The lowest BCUT2D eigenvalue weighted by Crippen LogP contribution is -2.31. The van der Waals surface area contributed by atoms with Crippen LogP contribution in [0.25, 0.3) is 5.76 Å². The van der Waals surface area contributed by atoms with Crippen molar-refractivity contribution in [1.82, 2.24) is 4.90 Å². The van der Waals surface area contributed by atoms with Crippen molar-refractivity contribution in [1.29, 1.82) is 0 Å². The van der Waals surface area contributed by atoms with Gasteiger partial charge in [-0.25, -0.2) is 4.39 Å². The Morgan fingerprint density at radius 2 is 1.92 bits per heavy atom. The number of benzene rings is 1. The minimum atomic E-state index is -0.897. The van der Waals surface area contributed by atoms with Crippen molar-refractivity contribution in [3.63, 3.8) is 0 Å². The van der Waals surface area contributed by atoms with Crippen LogP contribution in [0.15, 0.2) is 52.7 Å². The Morgan fingerprint density at radius 3 is 2.52 bits per heavy atom. The Morgan fingerprint density at radius 1 is 1.20 bits per heavy atom. The molecule has 2 N–H and O–H groups in total. The maximum absolute atomic E-state index is 13.1. The summed E-state index contributed by atoms with van der Waals surface area (Å²) in [5, 5.41) is 19.6. The smallest absolute Gasteiger partial charge is 0.295 e. The van der Waals surface area contributed by atoms with Crippen LogP contribution < -0.4 is 0 Å². The van der Waals surface area contributed by atoms with Crippen LogP contribution in [0, 0.1) is 5.82 Å². The molecule has 1 aromatic heterocycles. The largest absolute Gasteiger partial charge is 0.507 e. The van der Waals surface area contributed by atoms with E-state index in [2.05, 4.69) is 0 Å². The van der Waals surface area contributed by atoms with Crippen LogP contribution in [-0.2, 0) is 9.59 Å². The van der Waals surface area contributed by atoms with Gasteiger partial charge in [-0.3, -0.25) is 9.59 Å². The van der Waals surface area contributed by atoms with Gasteiger partial charge in [-0.15, -0.1) is 0 Å². The van der Waals surface area contributed by atoms with Crippen molar-refractivity contribution in [2.75, 3.05) is 13.2 Å². The predicted octanol–water partition coefficient (Wildman–Crippen LogP) is 2.22. The number of ketones is 1. The molecule has 6 nitrogen and oxygen atoms in total. The second-order valence-corrected chi connectivity index (χ2v) is 5.59. The molecule has 2 aromatic rings. The van der Waals surface area contributed by atoms with E-state index in [9.17, 15) is 19.1 Å². The van der Waals surface area contributed by atoms with E-state index >= 15 is 0 Å². The Hall–Kier alpha value is -2.93. The Labute approximate surface area is 142 Å². The number of hydrogen-bond acceptors (Lipinski definition) is 5. The highest BCUT2D eigenvalue weighted by molar-refractivity contribution is 6.46. The first-order chi connectivity index (χ1) is 12.0. The standard InChI is InChI=1S/C18H16FNO5/c19-12-6-4-11(5-7-12)16(22)14-15(13-3-1-10-25-13)20(8-2-9-21)18(24)17(14)23/h1,3-7,10,15,21-22H,2,8-9H2/t15-/m0/s1. The number of Topliss-reactive ketones (excluding diaryl/α,β-unsaturated/α-hetero) is 1. The highest BCUT2D eigenvalue weighted by Crippen LogP contribution is 2.39. The minimum absolute atomic E-state index is 0.121. The maximum atomic E-state index is 13.1. The fourth-order valence-corrected chi connectivity index (χ4v) is 2.86. The fraction of sp³-hybridized carbons (Fsp3) is 0.222. The van der Waals surface area contributed by atoms with E-state index in [4.69, 9.17) is 9.52 Å². The molecule has 1 amide bonds. The summed E-state index contributed by atoms with van der Waals surface area (Å²) in [5.41, 5.74) is 0.0996. The molecule has 7 heteroatoms. The van der Waals surface area contributed by atoms with E-state index < -0.39 is 29.3 Å². The van der Waals surface area contributed by atoms with E-state index in [0.717, 1.165) is 12.1 Å². The van der Waals surface area contributed by atoms with Crippen LogP contribution >= 0.6 is 0 Å². The summed E-state index contributed by atoms with van der Waals surface area (Å²) in [4.78, 5) is 26.1. The minimum Gasteiger partial charge on any atom is -0.507 e. The molecule has 1 aliphatic rings. The van der Waals surface area contributed by atoms with Gasteiger partial charge in [0.05, 0.1) is 11.8 Å². The molecule has 3 rings (SSSR count). The Kier molecular flexibility index (Phi) is 4.67. The molecule has 1 aromatic carbocycles. The summed E-state index contributed by atoms with van der Waals surface area (Å²) < 4.78 is 18.4. The Balaban J connectivity index is 2.11. The average molecular weight is 345 g/mol. The Bertz CT molecular complexity index is 811. The van der Waals surface area contributed by atoms with Gasteiger partial charge in [0.2, 0.25) is 0 Å². The van der Waals surface area contributed by atoms with E-state index in [0.29, 0.717) is 5.76 Å². The third-order valence-electron chi connectivity index (χ3n) is 4.03. The number of nitrogens with zero attached hydrogens (tertiary/aromatic N) is 1. The van der Waals surface area contributed by atoms with Crippen molar-refractivity contribution < 1.29 is 28.6 Å². The summed E-state index contributed by atoms with van der Waals surface area (Å²) in [5.74, 6) is -2.19. The molecule has 0 aliphatic carbocycles. The molecule has 1 atom stereocenters. The monoisotopic (exact) mass is 345 g/mol. The number of rotatable bonds is 5. The van der Waals surface area contributed by atoms with Gasteiger partial charge in [-0.2, -0.15) is 0 Å². The van der Waals surface area contributed by atoms with Crippen molar-refractivity contribution in [3.05, 3.63) is 65.4 Å². The summed E-state index contributed by atoms with van der Waals surface area (Å²) in [6.07, 6.45) is 1.68. The molecule has 0 saturated carbocycles. The number of carbonyl (C=O) groups is 2. The normalized spacial score (nSPS) is 19.6. The summed E-state index contributed by atoms with van der Waals surface area (Å²) >= 11 is 0. The summed E-state index contributed by atoms with van der Waals surface area (Å²) in [7, 11) is 0. The van der Waals surface area contributed by atoms with Crippen molar-refractivity contribution in [2.24, 2.45) is 0 Å². The first-order valence-electron chi connectivity index (χ1n) is 7.73. The van der Waals surface area contributed by atoms with Gasteiger partial charge in [0, 0.05) is 18.7 Å². The highest BCUT2D eigenvalue weighted by Gasteiger charge is 2.47. The zero-order valence-electron chi connectivity index (χ0n) is 13.2. The molecule has 2 heterocycles. The van der Waals surface area contributed by atoms with Gasteiger partial charge in [-0.05, 0) is 42.8 Å². The number of likely N-dealkylation sites (tertiary alicyclic amines) is 1. The molecule has 1 aliphatic heterocycles.